The fourth-order valence-corrected chi connectivity index (χ4v) is 3.95. The van der Waals surface area contributed by atoms with Gasteiger partial charge in [-0.1, -0.05) is 12.8 Å². The lowest BCUT2D eigenvalue weighted by Gasteiger charge is -2.47. The largest absolute Gasteiger partial charge is 0.384 e. The maximum atomic E-state index is 5.73. The van der Waals surface area contributed by atoms with Crippen LogP contribution in [-0.4, -0.2) is 52.8 Å². The van der Waals surface area contributed by atoms with Crippen molar-refractivity contribution in [3.8, 4) is 0 Å². The molecule has 0 radical (unpaired) electrons. The van der Waals surface area contributed by atoms with Crippen LogP contribution in [0, 0.1) is 0 Å². The van der Waals surface area contributed by atoms with Gasteiger partial charge >= 0.3 is 0 Å². The summed E-state index contributed by atoms with van der Waals surface area (Å²) in [6.45, 7) is 6.76. The van der Waals surface area contributed by atoms with Crippen LogP contribution in [0.5, 0.6) is 0 Å². The van der Waals surface area contributed by atoms with Crippen LogP contribution in [0.3, 0.4) is 0 Å². The predicted molar refractivity (Wildman–Crippen MR) is 86.3 cm³/mol. The Morgan fingerprint density at radius 3 is 2.77 bits per heavy atom. The number of anilines is 1. The van der Waals surface area contributed by atoms with Crippen molar-refractivity contribution in [1.29, 1.82) is 0 Å². The number of morpholine rings is 1. The number of nitrogens with one attached hydrogen (secondary N) is 1. The maximum absolute atomic E-state index is 5.73. The lowest BCUT2D eigenvalue weighted by atomic mass is 9.86. The molecule has 0 bridgehead atoms. The molecule has 1 aromatic heterocycles. The molecule has 1 atom stereocenters. The minimum Gasteiger partial charge on any atom is -0.384 e. The minimum absolute atomic E-state index is 0.254. The van der Waals surface area contributed by atoms with Gasteiger partial charge in [0.1, 0.15) is 11.6 Å². The predicted octanol–water partition coefficient (Wildman–Crippen LogP) is 1.18. The van der Waals surface area contributed by atoms with E-state index >= 15 is 0 Å². The van der Waals surface area contributed by atoms with E-state index in [4.69, 9.17) is 10.5 Å². The van der Waals surface area contributed by atoms with E-state index in [9.17, 15) is 0 Å². The summed E-state index contributed by atoms with van der Waals surface area (Å²) in [6, 6.07) is 2.12. The van der Waals surface area contributed by atoms with Gasteiger partial charge in [-0.25, -0.2) is 9.97 Å². The smallest absolute Gasteiger partial charge is 0.144 e. The van der Waals surface area contributed by atoms with Gasteiger partial charge in [-0.05, 0) is 25.8 Å². The Kier molecular flexibility index (Phi) is 4.90. The van der Waals surface area contributed by atoms with Crippen LogP contribution in [0.15, 0.2) is 12.3 Å². The van der Waals surface area contributed by atoms with Gasteiger partial charge in [0.05, 0.1) is 19.8 Å². The lowest BCUT2D eigenvalue weighted by molar-refractivity contribution is -0.0335. The highest BCUT2D eigenvalue weighted by Crippen LogP contribution is 2.38. The zero-order valence-corrected chi connectivity index (χ0v) is 13.4. The monoisotopic (exact) mass is 305 g/mol. The van der Waals surface area contributed by atoms with E-state index in [0.717, 1.165) is 32.1 Å². The van der Waals surface area contributed by atoms with Gasteiger partial charge in [-0.15, -0.1) is 0 Å². The molecule has 0 spiro atoms. The van der Waals surface area contributed by atoms with Crippen molar-refractivity contribution in [1.82, 2.24) is 20.2 Å². The van der Waals surface area contributed by atoms with Gasteiger partial charge in [0.15, 0.2) is 0 Å². The highest BCUT2D eigenvalue weighted by molar-refractivity contribution is 5.25. The average molecular weight is 305 g/mol. The molecule has 6 nitrogen and oxygen atoms in total. The number of nitrogens with zero attached hydrogens (tertiary/aromatic N) is 3. The molecule has 1 aliphatic heterocycles. The SMILES string of the molecule is C[C@H](NCc1nccc(N)n1)C1(N2CCOCC2)CCCC1. The molecule has 0 amide bonds. The Morgan fingerprint density at radius 1 is 1.36 bits per heavy atom. The molecule has 1 aromatic rings. The van der Waals surface area contributed by atoms with E-state index in [-0.39, 0.29) is 5.54 Å². The Morgan fingerprint density at radius 2 is 2.09 bits per heavy atom. The molecule has 6 heteroatoms. The van der Waals surface area contributed by atoms with Crippen LogP contribution in [0.2, 0.25) is 0 Å². The molecule has 2 heterocycles. The molecule has 2 fully saturated rings. The molecule has 3 N–H and O–H groups in total. The number of ether oxygens (including phenoxy) is 1. The molecule has 122 valence electrons. The van der Waals surface area contributed by atoms with Crippen LogP contribution in [0.4, 0.5) is 5.82 Å². The van der Waals surface area contributed by atoms with E-state index in [1.807, 2.05) is 0 Å². The first-order chi connectivity index (χ1) is 10.7. The third-order valence-electron chi connectivity index (χ3n) is 5.21. The molecule has 3 rings (SSSR count). The van der Waals surface area contributed by atoms with E-state index in [1.54, 1.807) is 12.3 Å². The first-order valence-electron chi connectivity index (χ1n) is 8.34. The van der Waals surface area contributed by atoms with Gasteiger partial charge < -0.3 is 15.8 Å². The van der Waals surface area contributed by atoms with E-state index in [1.165, 1.54) is 25.7 Å². The van der Waals surface area contributed by atoms with Gasteiger partial charge in [-0.3, -0.25) is 4.90 Å². The Bertz CT molecular complexity index is 483. The topological polar surface area (TPSA) is 76.3 Å². The van der Waals surface area contributed by atoms with Crippen molar-refractivity contribution in [2.75, 3.05) is 32.0 Å². The van der Waals surface area contributed by atoms with Gasteiger partial charge in [-0.2, -0.15) is 0 Å². The van der Waals surface area contributed by atoms with Crippen molar-refractivity contribution in [2.24, 2.45) is 0 Å². The Hall–Kier alpha value is -1.24. The van der Waals surface area contributed by atoms with Crippen molar-refractivity contribution < 1.29 is 4.74 Å². The third kappa shape index (κ3) is 3.24. The number of hydrogen-bond acceptors (Lipinski definition) is 6. The summed E-state index contributed by atoms with van der Waals surface area (Å²) < 4.78 is 5.53. The standard InChI is InChI=1S/C16H27N5O/c1-13(19-12-15-18-7-4-14(17)20-15)16(5-2-3-6-16)21-8-10-22-11-9-21/h4,7,13,19H,2-3,5-6,8-12H2,1H3,(H2,17,18,20)/t13-/m0/s1. The molecule has 0 aromatic carbocycles. The van der Waals surface area contributed by atoms with Crippen LogP contribution < -0.4 is 11.1 Å². The zero-order chi connectivity index (χ0) is 15.4. The second-order valence-corrected chi connectivity index (χ2v) is 6.41. The number of rotatable bonds is 5. The van der Waals surface area contributed by atoms with Crippen molar-refractivity contribution in [2.45, 2.75) is 50.7 Å². The van der Waals surface area contributed by atoms with Crippen molar-refractivity contribution >= 4 is 5.82 Å². The molecule has 2 aliphatic rings. The second kappa shape index (κ2) is 6.89. The Labute approximate surface area is 132 Å². The van der Waals surface area contributed by atoms with Gasteiger partial charge in [0.25, 0.3) is 0 Å². The molecule has 22 heavy (non-hydrogen) atoms. The highest BCUT2D eigenvalue weighted by atomic mass is 16.5. The first-order valence-corrected chi connectivity index (χ1v) is 8.34. The number of aromatic nitrogens is 2. The third-order valence-corrected chi connectivity index (χ3v) is 5.21. The normalized spacial score (nSPS) is 23.5. The average Bonchev–Trinajstić information content (AvgIpc) is 3.04. The molecular weight excluding hydrogens is 278 g/mol. The number of nitrogen functional groups attached to an aromatic ring is 1. The summed E-state index contributed by atoms with van der Waals surface area (Å²) >= 11 is 0. The Balaban J connectivity index is 1.66. The number of nitrogens with two attached hydrogens (primary N) is 1. The zero-order valence-electron chi connectivity index (χ0n) is 13.4. The second-order valence-electron chi connectivity index (χ2n) is 6.41. The van der Waals surface area contributed by atoms with Crippen LogP contribution in [0.1, 0.15) is 38.4 Å². The van der Waals surface area contributed by atoms with Crippen LogP contribution in [-0.2, 0) is 11.3 Å². The first kappa shape index (κ1) is 15.6. The van der Waals surface area contributed by atoms with Gasteiger partial charge in [0, 0.05) is 30.9 Å². The summed E-state index contributed by atoms with van der Waals surface area (Å²) in [4.78, 5) is 11.2. The summed E-state index contributed by atoms with van der Waals surface area (Å²) in [6.07, 6.45) is 6.88. The fraction of sp³-hybridized carbons (Fsp3) is 0.750. The van der Waals surface area contributed by atoms with Crippen LogP contribution >= 0.6 is 0 Å². The lowest BCUT2D eigenvalue weighted by Crippen LogP contribution is -2.61. The quantitative estimate of drug-likeness (QED) is 0.851. The fourth-order valence-electron chi connectivity index (χ4n) is 3.95. The van der Waals surface area contributed by atoms with Crippen molar-refractivity contribution in [3.63, 3.8) is 0 Å². The van der Waals surface area contributed by atoms with E-state index in [2.05, 4.69) is 27.1 Å². The molecule has 1 saturated carbocycles. The van der Waals surface area contributed by atoms with E-state index < -0.39 is 0 Å². The highest BCUT2D eigenvalue weighted by Gasteiger charge is 2.44. The maximum Gasteiger partial charge on any atom is 0.144 e. The minimum atomic E-state index is 0.254. The van der Waals surface area contributed by atoms with E-state index in [0.29, 0.717) is 18.4 Å². The summed E-state index contributed by atoms with van der Waals surface area (Å²) in [5.41, 5.74) is 5.98. The van der Waals surface area contributed by atoms with Gasteiger partial charge in [0.2, 0.25) is 0 Å². The summed E-state index contributed by atoms with van der Waals surface area (Å²) in [7, 11) is 0. The summed E-state index contributed by atoms with van der Waals surface area (Å²) in [5, 5.41) is 3.64. The van der Waals surface area contributed by atoms with Crippen LogP contribution in [0.25, 0.3) is 0 Å². The molecule has 1 saturated heterocycles. The summed E-state index contributed by atoms with van der Waals surface area (Å²) in [5.74, 6) is 1.30. The molecular formula is C16H27N5O. The molecule has 1 aliphatic carbocycles. The number of hydrogen-bond donors (Lipinski definition) is 2. The molecule has 0 unspecified atom stereocenters. The van der Waals surface area contributed by atoms with Crippen molar-refractivity contribution in [3.05, 3.63) is 18.1 Å².